The van der Waals surface area contributed by atoms with E-state index in [0.717, 1.165) is 28.2 Å². The average molecular weight is 1020 g/mol. The van der Waals surface area contributed by atoms with Gasteiger partial charge in [0.2, 0.25) is 0 Å². The van der Waals surface area contributed by atoms with Gasteiger partial charge in [-0.25, -0.2) is 0 Å². The second-order valence-electron chi connectivity index (χ2n) is 21.8. The van der Waals surface area contributed by atoms with Crippen LogP contribution in [0.3, 0.4) is 0 Å². The van der Waals surface area contributed by atoms with Gasteiger partial charge in [0, 0.05) is 49.4 Å². The predicted octanol–water partition coefficient (Wildman–Crippen LogP) is 15.7. The fraction of sp³-hybridized carbons (Fsp3) is 0.0822. The van der Waals surface area contributed by atoms with Crippen LogP contribution in [-0.2, 0) is 0 Å². The third-order valence-electron chi connectivity index (χ3n) is 16.6. The van der Waals surface area contributed by atoms with Crippen molar-refractivity contribution in [3.8, 4) is 34.3 Å². The summed E-state index contributed by atoms with van der Waals surface area (Å²) < 4.78 is 7.31. The molecule has 4 nitrogen and oxygen atoms in total. The van der Waals surface area contributed by atoms with Gasteiger partial charge in [0.05, 0.1) is 44.7 Å². The van der Waals surface area contributed by atoms with Crippen molar-refractivity contribution < 1.29 is 0 Å². The van der Waals surface area contributed by atoms with Crippen molar-refractivity contribution in [1.82, 2.24) is 13.7 Å². The van der Waals surface area contributed by atoms with Crippen LogP contribution in [0.1, 0.15) is 38.9 Å². The molecular formula is C73H56N4Si. The number of aryl methyl sites for hydroxylation is 6. The lowest BCUT2D eigenvalue weighted by Crippen LogP contribution is -2.74. The standard InChI is InChI=1S/C73H56N4Si/c1-46-11-33-68-62(39-46)63-40-47(2)12-34-69(63)75(68)54-19-27-58(28-20-54)78(57-25-17-52(18-26-57)61-10-8-7-9-53(61)45-74,59-29-21-55(22-30-59)76-70-35-13-48(3)41-64(70)65-42-49(4)14-36-71(65)76)60-31-23-56(24-32-60)77-72-37-15-50(5)43-66(72)67-44-51(6)16-38-73(67)77/h7-44H,1-6H3. The summed E-state index contributed by atoms with van der Waals surface area (Å²) in [5.74, 6) is 0. The van der Waals surface area contributed by atoms with E-state index in [0.29, 0.717) is 5.56 Å². The van der Waals surface area contributed by atoms with Gasteiger partial charge in [0.25, 0.3) is 0 Å². The van der Waals surface area contributed by atoms with Gasteiger partial charge in [-0.3, -0.25) is 0 Å². The van der Waals surface area contributed by atoms with E-state index in [1.165, 1.54) is 120 Å². The van der Waals surface area contributed by atoms with Gasteiger partial charge in [0.1, 0.15) is 0 Å². The van der Waals surface area contributed by atoms with Crippen molar-refractivity contribution in [2.24, 2.45) is 0 Å². The zero-order valence-electron chi connectivity index (χ0n) is 44.7. The van der Waals surface area contributed by atoms with Crippen LogP contribution in [-0.4, -0.2) is 21.8 Å². The molecule has 0 saturated heterocycles. The van der Waals surface area contributed by atoms with Crippen LogP contribution in [0.4, 0.5) is 0 Å². The second-order valence-corrected chi connectivity index (χ2v) is 25.6. The van der Waals surface area contributed by atoms with Crippen LogP contribution in [0.5, 0.6) is 0 Å². The Kier molecular flexibility index (Phi) is 10.9. The molecule has 0 aliphatic carbocycles. The first-order valence-electron chi connectivity index (χ1n) is 27.0. The zero-order chi connectivity index (χ0) is 53.0. The van der Waals surface area contributed by atoms with Crippen LogP contribution < -0.4 is 20.7 Å². The molecule has 0 radical (unpaired) electrons. The lowest BCUT2D eigenvalue weighted by molar-refractivity contribution is 1.18. The quantitative estimate of drug-likeness (QED) is 0.110. The predicted molar refractivity (Wildman–Crippen MR) is 332 cm³/mol. The normalized spacial score (nSPS) is 12.0. The van der Waals surface area contributed by atoms with E-state index in [9.17, 15) is 5.26 Å². The Bertz CT molecular complexity index is 4190. The van der Waals surface area contributed by atoms with Gasteiger partial charge in [-0.2, -0.15) is 5.26 Å². The zero-order valence-corrected chi connectivity index (χ0v) is 45.7. The Morgan fingerprint density at radius 2 is 0.551 bits per heavy atom. The first-order valence-corrected chi connectivity index (χ1v) is 29.0. The number of nitriles is 1. The van der Waals surface area contributed by atoms with Gasteiger partial charge in [-0.1, -0.05) is 149 Å². The molecule has 78 heavy (non-hydrogen) atoms. The first kappa shape index (κ1) is 47.0. The number of aromatic nitrogens is 3. The van der Waals surface area contributed by atoms with Crippen LogP contribution in [0.25, 0.3) is 93.6 Å². The molecule has 0 spiro atoms. The summed E-state index contributed by atoms with van der Waals surface area (Å²) >= 11 is 0. The van der Waals surface area contributed by atoms with Crippen molar-refractivity contribution in [2.75, 3.05) is 0 Å². The van der Waals surface area contributed by atoms with Gasteiger partial charge < -0.3 is 13.7 Å². The molecule has 0 saturated carbocycles. The molecular weight excluding hydrogens is 961 g/mol. The molecule has 0 fully saturated rings. The third kappa shape index (κ3) is 7.32. The molecule has 0 unspecified atom stereocenters. The van der Waals surface area contributed by atoms with Gasteiger partial charge in [-0.15, -0.1) is 0 Å². The maximum absolute atomic E-state index is 10.3. The lowest BCUT2D eigenvalue weighted by atomic mass is 10.0. The molecule has 11 aromatic carbocycles. The molecule has 0 N–H and O–H groups in total. The van der Waals surface area contributed by atoms with Crippen molar-refractivity contribution >= 4 is 94.2 Å². The van der Waals surface area contributed by atoms with E-state index >= 15 is 0 Å². The summed E-state index contributed by atoms with van der Waals surface area (Å²) in [4.78, 5) is 0. The molecule has 0 aliphatic heterocycles. The van der Waals surface area contributed by atoms with Crippen molar-refractivity contribution in [3.05, 3.63) is 269 Å². The van der Waals surface area contributed by atoms with Crippen LogP contribution in [0.2, 0.25) is 0 Å². The second kappa shape index (κ2) is 18.1. The maximum atomic E-state index is 10.3. The van der Waals surface area contributed by atoms with Crippen LogP contribution in [0, 0.1) is 52.9 Å². The molecule has 3 heterocycles. The fourth-order valence-electron chi connectivity index (χ4n) is 12.9. The minimum absolute atomic E-state index is 0.664. The summed E-state index contributed by atoms with van der Waals surface area (Å²) in [5, 5.41) is 22.9. The topological polar surface area (TPSA) is 38.6 Å². The molecule has 0 bridgehead atoms. The molecule has 372 valence electrons. The number of nitrogens with zero attached hydrogens (tertiary/aromatic N) is 4. The average Bonchev–Trinajstić information content (AvgIpc) is 4.21. The molecule has 0 aliphatic rings. The summed E-state index contributed by atoms with van der Waals surface area (Å²) in [6.07, 6.45) is 0. The SMILES string of the molecule is Cc1ccc2c(c1)c1cc(C)ccc1n2-c1ccc([Si](c2ccc(-c3ccccc3C#N)cc2)(c2ccc(-n3c4ccc(C)cc4c4cc(C)ccc43)cc2)c2ccc(-n3c4ccc(C)cc4c4cc(C)ccc43)cc2)cc1. The van der Waals surface area contributed by atoms with E-state index in [4.69, 9.17) is 0 Å². The highest BCUT2D eigenvalue weighted by atomic mass is 28.3. The van der Waals surface area contributed by atoms with E-state index < -0.39 is 8.07 Å². The van der Waals surface area contributed by atoms with Crippen LogP contribution in [0.15, 0.2) is 231 Å². The van der Waals surface area contributed by atoms with E-state index in [1.54, 1.807) is 0 Å². The Labute approximate surface area is 456 Å². The third-order valence-corrected chi connectivity index (χ3v) is 21.4. The Morgan fingerprint density at radius 3 is 0.821 bits per heavy atom. The highest BCUT2D eigenvalue weighted by molar-refractivity contribution is 7.19. The first-order chi connectivity index (χ1) is 38.0. The smallest absolute Gasteiger partial charge is 0.179 e. The summed E-state index contributed by atoms with van der Waals surface area (Å²) in [6, 6.07) is 89.1. The molecule has 3 aromatic heterocycles. The minimum atomic E-state index is -3.23. The minimum Gasteiger partial charge on any atom is -0.309 e. The highest BCUT2D eigenvalue weighted by Gasteiger charge is 2.42. The van der Waals surface area contributed by atoms with Gasteiger partial charge in [-0.05, 0) is 189 Å². The summed E-state index contributed by atoms with van der Waals surface area (Å²) in [6.45, 7) is 13.1. The van der Waals surface area contributed by atoms with E-state index in [2.05, 4.69) is 274 Å². The largest absolute Gasteiger partial charge is 0.309 e. The van der Waals surface area contributed by atoms with Crippen LogP contribution >= 0.6 is 0 Å². The van der Waals surface area contributed by atoms with E-state index in [1.807, 2.05) is 18.2 Å². The summed E-state index contributed by atoms with van der Waals surface area (Å²) in [5.41, 5.74) is 20.7. The van der Waals surface area contributed by atoms with Gasteiger partial charge >= 0.3 is 0 Å². The Morgan fingerprint density at radius 1 is 0.295 bits per heavy atom. The monoisotopic (exact) mass is 1020 g/mol. The highest BCUT2D eigenvalue weighted by Crippen LogP contribution is 2.37. The molecule has 14 rings (SSSR count). The molecule has 14 aromatic rings. The Balaban J connectivity index is 1.02. The number of hydrogen-bond donors (Lipinski definition) is 0. The molecule has 0 amide bonds. The van der Waals surface area contributed by atoms with E-state index in [-0.39, 0.29) is 0 Å². The maximum Gasteiger partial charge on any atom is 0.179 e. The molecule has 0 atom stereocenters. The van der Waals surface area contributed by atoms with Gasteiger partial charge in [0.15, 0.2) is 8.07 Å². The molecule has 5 heteroatoms. The van der Waals surface area contributed by atoms with Crippen molar-refractivity contribution in [1.29, 1.82) is 5.26 Å². The number of hydrogen-bond acceptors (Lipinski definition) is 1. The van der Waals surface area contributed by atoms with Crippen molar-refractivity contribution in [2.45, 2.75) is 41.5 Å². The summed E-state index contributed by atoms with van der Waals surface area (Å²) in [7, 11) is -3.23. The lowest BCUT2D eigenvalue weighted by Gasteiger charge is -2.35. The van der Waals surface area contributed by atoms with Crippen molar-refractivity contribution in [3.63, 3.8) is 0 Å². The number of fused-ring (bicyclic) bond motifs is 9. The Hall–Kier alpha value is -9.47. The number of rotatable bonds is 8. The fourth-order valence-corrected chi connectivity index (χ4v) is 17.6. The number of benzene rings is 11.